The lowest BCUT2D eigenvalue weighted by Gasteiger charge is -2.35. The fourth-order valence-corrected chi connectivity index (χ4v) is 3.98. The molecule has 1 fully saturated rings. The minimum Gasteiger partial charge on any atom is -0.484 e. The van der Waals surface area contributed by atoms with E-state index in [0.29, 0.717) is 24.6 Å². The summed E-state index contributed by atoms with van der Waals surface area (Å²) in [7, 11) is 0. The van der Waals surface area contributed by atoms with E-state index in [9.17, 15) is 9.59 Å². The van der Waals surface area contributed by atoms with Crippen LogP contribution in [-0.2, 0) is 4.79 Å². The zero-order chi connectivity index (χ0) is 23.9. The molecule has 34 heavy (non-hydrogen) atoms. The topological polar surface area (TPSA) is 87.0 Å². The van der Waals surface area contributed by atoms with Gasteiger partial charge >= 0.3 is 0 Å². The summed E-state index contributed by atoms with van der Waals surface area (Å²) in [6.45, 7) is 2.56. The van der Waals surface area contributed by atoms with Gasteiger partial charge in [0.15, 0.2) is 17.5 Å². The molecule has 2 heterocycles. The van der Waals surface area contributed by atoms with E-state index < -0.39 is 0 Å². The van der Waals surface area contributed by atoms with Crippen LogP contribution in [0.1, 0.15) is 10.6 Å². The van der Waals surface area contributed by atoms with E-state index in [4.69, 9.17) is 21.4 Å². The van der Waals surface area contributed by atoms with E-state index in [1.165, 1.54) is 6.26 Å². The van der Waals surface area contributed by atoms with Crippen LogP contribution in [0.2, 0.25) is 0 Å². The third-order valence-electron chi connectivity index (χ3n) is 5.23. The monoisotopic (exact) mass is 542 g/mol. The molecule has 2 amide bonds. The summed E-state index contributed by atoms with van der Waals surface area (Å²) in [6, 6.07) is 18.4. The molecule has 0 atom stereocenters. The maximum atomic E-state index is 12.4. The number of carbonyl (C=O) groups is 2. The molecule has 1 aromatic heterocycles. The van der Waals surface area contributed by atoms with Gasteiger partial charge in [0.25, 0.3) is 11.8 Å². The molecule has 1 aliphatic heterocycles. The number of carbonyl (C=O) groups excluding carboxylic acids is 2. The normalized spacial score (nSPS) is 13.3. The van der Waals surface area contributed by atoms with Crippen molar-refractivity contribution >= 4 is 56.4 Å². The van der Waals surface area contributed by atoms with Gasteiger partial charge in [-0.05, 0) is 72.9 Å². The quantitative estimate of drug-likeness (QED) is 0.457. The largest absolute Gasteiger partial charge is 0.484 e. The van der Waals surface area contributed by atoms with Crippen molar-refractivity contribution in [2.24, 2.45) is 0 Å². The molecule has 1 saturated heterocycles. The van der Waals surface area contributed by atoms with Gasteiger partial charge in [0.1, 0.15) is 5.75 Å². The van der Waals surface area contributed by atoms with E-state index in [-0.39, 0.29) is 23.5 Å². The second-order valence-electron chi connectivity index (χ2n) is 7.55. The molecule has 0 spiro atoms. The zero-order valence-corrected chi connectivity index (χ0v) is 20.6. The van der Waals surface area contributed by atoms with E-state index in [1.807, 2.05) is 36.4 Å². The number of ether oxygens (including phenoxy) is 1. The van der Waals surface area contributed by atoms with Gasteiger partial charge in [0.2, 0.25) is 0 Å². The van der Waals surface area contributed by atoms with E-state index in [1.54, 1.807) is 29.2 Å². The lowest BCUT2D eigenvalue weighted by atomic mass is 10.2. The SMILES string of the molecule is O=C(COc1ccc(Br)cc1)NC(=S)Nc1ccc(N2CCN(C(=O)c3ccco3)CC2)cc1. The number of nitrogens with zero attached hydrogens (tertiary/aromatic N) is 2. The Kier molecular flexibility index (Phi) is 7.81. The highest BCUT2D eigenvalue weighted by Crippen LogP contribution is 2.20. The van der Waals surface area contributed by atoms with Crippen LogP contribution < -0.4 is 20.3 Å². The predicted octanol–water partition coefficient (Wildman–Crippen LogP) is 3.90. The summed E-state index contributed by atoms with van der Waals surface area (Å²) in [5.74, 6) is 0.534. The second kappa shape index (κ2) is 11.2. The van der Waals surface area contributed by atoms with Crippen molar-refractivity contribution in [1.29, 1.82) is 0 Å². The third kappa shape index (κ3) is 6.36. The van der Waals surface area contributed by atoms with Gasteiger partial charge in [-0.15, -0.1) is 0 Å². The highest BCUT2D eigenvalue weighted by molar-refractivity contribution is 9.10. The van der Waals surface area contributed by atoms with Gasteiger partial charge in [-0.2, -0.15) is 0 Å². The summed E-state index contributed by atoms with van der Waals surface area (Å²) in [5, 5.41) is 5.81. The van der Waals surface area contributed by atoms with Crippen molar-refractivity contribution in [3.8, 4) is 5.75 Å². The molecule has 0 aliphatic carbocycles. The van der Waals surface area contributed by atoms with E-state index >= 15 is 0 Å². The fourth-order valence-electron chi connectivity index (χ4n) is 3.48. The molecule has 1 aliphatic rings. The predicted molar refractivity (Wildman–Crippen MR) is 137 cm³/mol. The molecule has 0 radical (unpaired) electrons. The summed E-state index contributed by atoms with van der Waals surface area (Å²) >= 11 is 8.58. The number of nitrogens with one attached hydrogen (secondary N) is 2. The summed E-state index contributed by atoms with van der Waals surface area (Å²) in [5.41, 5.74) is 1.81. The van der Waals surface area contributed by atoms with Crippen molar-refractivity contribution in [2.75, 3.05) is 43.0 Å². The molecule has 10 heteroatoms. The number of hydrogen-bond acceptors (Lipinski definition) is 6. The van der Waals surface area contributed by atoms with Crippen LogP contribution in [0.4, 0.5) is 11.4 Å². The molecule has 8 nitrogen and oxygen atoms in total. The summed E-state index contributed by atoms with van der Waals surface area (Å²) in [4.78, 5) is 28.5. The minimum absolute atomic E-state index is 0.0815. The molecule has 3 aromatic rings. The molecule has 2 N–H and O–H groups in total. The number of halogens is 1. The van der Waals surface area contributed by atoms with Crippen molar-refractivity contribution < 1.29 is 18.7 Å². The smallest absolute Gasteiger partial charge is 0.289 e. The molecule has 0 unspecified atom stereocenters. The number of rotatable bonds is 6. The van der Waals surface area contributed by atoms with Gasteiger partial charge in [-0.3, -0.25) is 14.9 Å². The Morgan fingerprint density at radius 1 is 1.00 bits per heavy atom. The highest BCUT2D eigenvalue weighted by atomic mass is 79.9. The molecule has 0 bridgehead atoms. The Bertz CT molecular complexity index is 1130. The lowest BCUT2D eigenvalue weighted by molar-refractivity contribution is -0.121. The number of anilines is 2. The van der Waals surface area contributed by atoms with Gasteiger partial charge in [0.05, 0.1) is 6.26 Å². The zero-order valence-electron chi connectivity index (χ0n) is 18.2. The molecular weight excluding hydrogens is 520 g/mol. The number of furan rings is 1. The van der Waals surface area contributed by atoms with Crippen molar-refractivity contribution in [2.45, 2.75) is 0 Å². The standard InChI is InChI=1S/C24H23BrN4O4S/c25-17-3-9-20(10-4-17)33-16-22(30)27-24(34)26-18-5-7-19(8-6-18)28-11-13-29(14-12-28)23(31)21-2-1-15-32-21/h1-10,15H,11-14,16H2,(H2,26,27,30,34). The average molecular weight is 543 g/mol. The number of amides is 2. The van der Waals surface area contributed by atoms with Gasteiger partial charge < -0.3 is 24.3 Å². The Morgan fingerprint density at radius 3 is 2.35 bits per heavy atom. The Morgan fingerprint density at radius 2 is 1.71 bits per heavy atom. The Hall–Kier alpha value is -3.37. The number of hydrogen-bond donors (Lipinski definition) is 2. The average Bonchev–Trinajstić information content (AvgIpc) is 3.39. The van der Waals surface area contributed by atoms with Crippen LogP contribution in [0.3, 0.4) is 0 Å². The van der Waals surface area contributed by atoms with Crippen LogP contribution in [0.15, 0.2) is 75.8 Å². The second-order valence-corrected chi connectivity index (χ2v) is 8.87. The Labute approximate surface area is 211 Å². The maximum absolute atomic E-state index is 12.4. The number of piperazine rings is 1. The Balaban J connectivity index is 1.21. The first kappa shape index (κ1) is 23.8. The minimum atomic E-state index is -0.348. The summed E-state index contributed by atoms with van der Waals surface area (Å²) < 4.78 is 11.6. The molecule has 4 rings (SSSR count). The van der Waals surface area contributed by atoms with Crippen LogP contribution >= 0.6 is 28.1 Å². The first-order valence-corrected chi connectivity index (χ1v) is 11.8. The molecule has 0 saturated carbocycles. The van der Waals surface area contributed by atoms with E-state index in [0.717, 1.165) is 28.9 Å². The first-order valence-electron chi connectivity index (χ1n) is 10.6. The van der Waals surface area contributed by atoms with Crippen molar-refractivity contribution in [3.05, 3.63) is 77.2 Å². The van der Waals surface area contributed by atoms with E-state index in [2.05, 4.69) is 31.5 Å². The van der Waals surface area contributed by atoms with Crippen molar-refractivity contribution in [1.82, 2.24) is 10.2 Å². The fraction of sp³-hybridized carbons (Fsp3) is 0.208. The first-order chi connectivity index (χ1) is 16.5. The number of thiocarbonyl (C=S) groups is 1. The molecule has 2 aromatic carbocycles. The van der Waals surface area contributed by atoms with Gasteiger partial charge in [0, 0.05) is 42.0 Å². The lowest BCUT2D eigenvalue weighted by Crippen LogP contribution is -2.48. The van der Waals surface area contributed by atoms with Gasteiger partial charge in [-0.1, -0.05) is 15.9 Å². The maximum Gasteiger partial charge on any atom is 0.289 e. The molecular formula is C24H23BrN4O4S. The highest BCUT2D eigenvalue weighted by Gasteiger charge is 2.23. The van der Waals surface area contributed by atoms with Gasteiger partial charge in [-0.25, -0.2) is 0 Å². The molecule has 176 valence electrons. The van der Waals surface area contributed by atoms with Crippen LogP contribution in [-0.4, -0.2) is 54.6 Å². The van der Waals surface area contributed by atoms with Crippen LogP contribution in [0.5, 0.6) is 5.75 Å². The van der Waals surface area contributed by atoms with Crippen molar-refractivity contribution in [3.63, 3.8) is 0 Å². The number of benzene rings is 2. The summed E-state index contributed by atoms with van der Waals surface area (Å²) in [6.07, 6.45) is 1.51. The third-order valence-corrected chi connectivity index (χ3v) is 5.96. The van der Waals surface area contributed by atoms with Crippen LogP contribution in [0, 0.1) is 0 Å². The van der Waals surface area contributed by atoms with Crippen LogP contribution in [0.25, 0.3) is 0 Å².